The van der Waals surface area contributed by atoms with E-state index in [0.717, 1.165) is 38.3 Å². The third-order valence-corrected chi connectivity index (χ3v) is 3.78. The first-order valence-corrected chi connectivity index (χ1v) is 7.20. The highest BCUT2D eigenvalue weighted by molar-refractivity contribution is 5.81. The SMILES string of the molecule is CCc1nn(C)cc1CN1CCNCC1C(=O)N(C)C. The summed E-state index contributed by atoms with van der Waals surface area (Å²) in [6.45, 7) is 5.45. The summed E-state index contributed by atoms with van der Waals surface area (Å²) < 4.78 is 1.86. The molecule has 1 unspecified atom stereocenters. The molecule has 0 spiro atoms. The third kappa shape index (κ3) is 3.19. The molecule has 0 radical (unpaired) electrons. The molecule has 1 aliphatic heterocycles. The van der Waals surface area contributed by atoms with E-state index >= 15 is 0 Å². The Morgan fingerprint density at radius 1 is 1.55 bits per heavy atom. The molecule has 112 valence electrons. The number of carbonyl (C=O) groups excluding carboxylic acids is 1. The first kappa shape index (κ1) is 15.0. The zero-order valence-electron chi connectivity index (χ0n) is 12.9. The minimum Gasteiger partial charge on any atom is -0.347 e. The predicted molar refractivity (Wildman–Crippen MR) is 78.3 cm³/mol. The molecule has 0 saturated carbocycles. The summed E-state index contributed by atoms with van der Waals surface area (Å²) in [4.78, 5) is 16.2. The Kier molecular flexibility index (Phi) is 4.77. The number of aryl methyl sites for hydroxylation is 2. The van der Waals surface area contributed by atoms with Gasteiger partial charge in [-0.25, -0.2) is 0 Å². The predicted octanol–water partition coefficient (Wildman–Crippen LogP) is -0.155. The highest BCUT2D eigenvalue weighted by Crippen LogP contribution is 2.15. The second-order valence-electron chi connectivity index (χ2n) is 5.55. The summed E-state index contributed by atoms with van der Waals surface area (Å²) in [5.74, 6) is 0.166. The minimum atomic E-state index is -0.0799. The highest BCUT2D eigenvalue weighted by atomic mass is 16.2. The largest absolute Gasteiger partial charge is 0.347 e. The number of nitrogens with one attached hydrogen (secondary N) is 1. The van der Waals surface area contributed by atoms with Crippen molar-refractivity contribution in [3.05, 3.63) is 17.5 Å². The molecule has 0 aromatic carbocycles. The highest BCUT2D eigenvalue weighted by Gasteiger charge is 2.30. The van der Waals surface area contributed by atoms with Crippen molar-refractivity contribution in [3.8, 4) is 0 Å². The standard InChI is InChI=1S/C14H25N5O/c1-5-12-11(9-18(4)16-12)10-19-7-6-15-8-13(19)14(20)17(2)3/h9,13,15H,5-8,10H2,1-4H3. The molecule has 1 aliphatic rings. The van der Waals surface area contributed by atoms with E-state index < -0.39 is 0 Å². The molecule has 0 bridgehead atoms. The molecule has 0 aliphatic carbocycles. The Balaban J connectivity index is 2.14. The molecule has 1 saturated heterocycles. The lowest BCUT2D eigenvalue weighted by atomic mass is 10.1. The summed E-state index contributed by atoms with van der Waals surface area (Å²) in [6.07, 6.45) is 2.99. The molecule has 1 atom stereocenters. The minimum absolute atomic E-state index is 0.0799. The molecule has 2 rings (SSSR count). The van der Waals surface area contributed by atoms with Crippen molar-refractivity contribution in [2.75, 3.05) is 33.7 Å². The maximum absolute atomic E-state index is 12.3. The lowest BCUT2D eigenvalue weighted by Crippen LogP contribution is -2.57. The van der Waals surface area contributed by atoms with Crippen LogP contribution in [0.1, 0.15) is 18.2 Å². The van der Waals surface area contributed by atoms with E-state index in [1.165, 1.54) is 5.56 Å². The van der Waals surface area contributed by atoms with Crippen LogP contribution in [-0.4, -0.2) is 65.3 Å². The fourth-order valence-corrected chi connectivity index (χ4v) is 2.71. The lowest BCUT2D eigenvalue weighted by molar-refractivity contribution is -0.135. The van der Waals surface area contributed by atoms with Gasteiger partial charge in [-0.2, -0.15) is 5.10 Å². The van der Waals surface area contributed by atoms with E-state index in [9.17, 15) is 4.79 Å². The summed E-state index contributed by atoms with van der Waals surface area (Å²) in [5, 5.41) is 7.79. The molecule has 1 aromatic rings. The van der Waals surface area contributed by atoms with Gasteiger partial charge in [-0.15, -0.1) is 0 Å². The average molecular weight is 279 g/mol. The van der Waals surface area contributed by atoms with Crippen LogP contribution in [0.4, 0.5) is 0 Å². The van der Waals surface area contributed by atoms with Crippen LogP contribution >= 0.6 is 0 Å². The summed E-state index contributed by atoms with van der Waals surface area (Å²) >= 11 is 0. The maximum atomic E-state index is 12.3. The van der Waals surface area contributed by atoms with Crippen molar-refractivity contribution < 1.29 is 4.79 Å². The molecule has 1 N–H and O–H groups in total. The first-order chi connectivity index (χ1) is 9.52. The van der Waals surface area contributed by atoms with Crippen LogP contribution in [-0.2, 0) is 24.8 Å². The number of amides is 1. The van der Waals surface area contributed by atoms with Gasteiger partial charge in [0.1, 0.15) is 6.04 Å². The average Bonchev–Trinajstić information content (AvgIpc) is 2.78. The van der Waals surface area contributed by atoms with Gasteiger partial charge in [0.25, 0.3) is 0 Å². The third-order valence-electron chi connectivity index (χ3n) is 3.78. The smallest absolute Gasteiger partial charge is 0.240 e. The lowest BCUT2D eigenvalue weighted by Gasteiger charge is -2.36. The number of aromatic nitrogens is 2. The van der Waals surface area contributed by atoms with Gasteiger partial charge in [0, 0.05) is 59.1 Å². The van der Waals surface area contributed by atoms with E-state index in [-0.39, 0.29) is 11.9 Å². The summed E-state index contributed by atoms with van der Waals surface area (Å²) in [7, 11) is 5.58. The molecular weight excluding hydrogens is 254 g/mol. The van der Waals surface area contributed by atoms with Crippen LogP contribution in [0.3, 0.4) is 0 Å². The number of nitrogens with zero attached hydrogens (tertiary/aromatic N) is 4. The second-order valence-corrected chi connectivity index (χ2v) is 5.55. The fourth-order valence-electron chi connectivity index (χ4n) is 2.71. The summed E-state index contributed by atoms with van der Waals surface area (Å²) in [5.41, 5.74) is 2.36. The maximum Gasteiger partial charge on any atom is 0.240 e. The Labute approximate surface area is 120 Å². The molecule has 6 heteroatoms. The van der Waals surface area contributed by atoms with Crippen LogP contribution < -0.4 is 5.32 Å². The Morgan fingerprint density at radius 3 is 2.95 bits per heavy atom. The van der Waals surface area contributed by atoms with Crippen LogP contribution in [0.25, 0.3) is 0 Å². The molecular formula is C14H25N5O. The number of piperazine rings is 1. The molecule has 1 aromatic heterocycles. The van der Waals surface area contributed by atoms with Crippen molar-refractivity contribution >= 4 is 5.91 Å². The summed E-state index contributed by atoms with van der Waals surface area (Å²) in [6, 6.07) is -0.0799. The topological polar surface area (TPSA) is 53.4 Å². The number of likely N-dealkylation sites (N-methyl/N-ethyl adjacent to an activating group) is 1. The Morgan fingerprint density at radius 2 is 2.30 bits per heavy atom. The normalized spacial score (nSPS) is 20.1. The van der Waals surface area contributed by atoms with Crippen LogP contribution in [0.5, 0.6) is 0 Å². The van der Waals surface area contributed by atoms with Gasteiger partial charge in [0.2, 0.25) is 5.91 Å². The first-order valence-electron chi connectivity index (χ1n) is 7.20. The van der Waals surface area contributed by atoms with E-state index in [1.54, 1.807) is 4.90 Å². The molecule has 2 heterocycles. The van der Waals surface area contributed by atoms with Crippen molar-refractivity contribution in [2.24, 2.45) is 7.05 Å². The number of hydrogen-bond acceptors (Lipinski definition) is 4. The van der Waals surface area contributed by atoms with E-state index in [2.05, 4.69) is 28.4 Å². The van der Waals surface area contributed by atoms with Crippen molar-refractivity contribution in [1.29, 1.82) is 0 Å². The van der Waals surface area contributed by atoms with Gasteiger partial charge in [0.15, 0.2) is 0 Å². The van der Waals surface area contributed by atoms with Crippen LogP contribution in [0.2, 0.25) is 0 Å². The zero-order valence-corrected chi connectivity index (χ0v) is 12.9. The van der Waals surface area contributed by atoms with Gasteiger partial charge in [-0.1, -0.05) is 6.92 Å². The molecule has 1 fully saturated rings. The number of rotatable bonds is 4. The molecule has 20 heavy (non-hydrogen) atoms. The van der Waals surface area contributed by atoms with Gasteiger partial charge < -0.3 is 10.2 Å². The number of carbonyl (C=O) groups is 1. The van der Waals surface area contributed by atoms with Gasteiger partial charge in [-0.05, 0) is 6.42 Å². The zero-order chi connectivity index (χ0) is 14.7. The second kappa shape index (κ2) is 6.37. The van der Waals surface area contributed by atoms with Gasteiger partial charge in [-0.3, -0.25) is 14.4 Å². The van der Waals surface area contributed by atoms with E-state index in [1.807, 2.05) is 25.8 Å². The van der Waals surface area contributed by atoms with Gasteiger partial charge >= 0.3 is 0 Å². The van der Waals surface area contributed by atoms with Crippen LogP contribution in [0, 0.1) is 0 Å². The molecule has 6 nitrogen and oxygen atoms in total. The number of hydrogen-bond donors (Lipinski definition) is 1. The van der Waals surface area contributed by atoms with E-state index in [0.29, 0.717) is 0 Å². The van der Waals surface area contributed by atoms with Crippen molar-refractivity contribution in [3.63, 3.8) is 0 Å². The van der Waals surface area contributed by atoms with Crippen LogP contribution in [0.15, 0.2) is 6.20 Å². The Hall–Kier alpha value is -1.40. The Bertz CT molecular complexity index is 468. The fraction of sp³-hybridized carbons (Fsp3) is 0.714. The van der Waals surface area contributed by atoms with Gasteiger partial charge in [0.05, 0.1) is 5.69 Å². The van der Waals surface area contributed by atoms with E-state index in [4.69, 9.17) is 0 Å². The molecule has 1 amide bonds. The van der Waals surface area contributed by atoms with Crippen molar-refractivity contribution in [1.82, 2.24) is 24.9 Å². The van der Waals surface area contributed by atoms with Crippen molar-refractivity contribution in [2.45, 2.75) is 25.9 Å². The quantitative estimate of drug-likeness (QED) is 0.832. The monoisotopic (exact) mass is 279 g/mol.